The summed E-state index contributed by atoms with van der Waals surface area (Å²) in [6.07, 6.45) is 0. The Balaban J connectivity index is 1.91. The molecule has 0 spiro atoms. The molecule has 0 amide bonds. The average molecular weight is 514 g/mol. The van der Waals surface area contributed by atoms with Crippen LogP contribution < -0.4 is 10.5 Å². The van der Waals surface area contributed by atoms with Gasteiger partial charge in [-0.15, -0.1) is 0 Å². The Morgan fingerprint density at radius 3 is 2.73 bits per heavy atom. The van der Waals surface area contributed by atoms with Gasteiger partial charge in [0.2, 0.25) is 5.88 Å². The van der Waals surface area contributed by atoms with Gasteiger partial charge in [0.25, 0.3) is 5.69 Å². The summed E-state index contributed by atoms with van der Waals surface area (Å²) < 4.78 is 17.0. The normalized spacial score (nSPS) is 15.5. The van der Waals surface area contributed by atoms with E-state index in [0.717, 1.165) is 0 Å². The van der Waals surface area contributed by atoms with Gasteiger partial charge in [-0.25, -0.2) is 4.79 Å². The number of benzene rings is 2. The fourth-order valence-corrected chi connectivity index (χ4v) is 3.93. The quantitative estimate of drug-likeness (QED) is 0.322. The molecule has 1 unspecified atom stereocenters. The lowest BCUT2D eigenvalue weighted by molar-refractivity contribution is -0.384. The Bertz CT molecular complexity index is 1210. The number of allylic oxidation sites excluding steroid dienone is 2. The third kappa shape index (κ3) is 5.15. The highest BCUT2D eigenvalue weighted by molar-refractivity contribution is 9.10. The van der Waals surface area contributed by atoms with Crippen molar-refractivity contribution in [1.82, 2.24) is 0 Å². The SMILES string of the molecule is CCOC(=O)C1=C(C)OC(N)=C(C#N)C1c1ccc(OCc2cccc([N+](=O)[O-])c2)c(Br)c1. The van der Waals surface area contributed by atoms with Crippen LogP contribution >= 0.6 is 15.9 Å². The van der Waals surface area contributed by atoms with Crippen LogP contribution in [0, 0.1) is 21.4 Å². The molecular weight excluding hydrogens is 494 g/mol. The zero-order chi connectivity index (χ0) is 24.1. The first-order valence-electron chi connectivity index (χ1n) is 9.87. The number of nitro groups is 1. The molecule has 0 radical (unpaired) electrons. The van der Waals surface area contributed by atoms with Crippen molar-refractivity contribution in [2.45, 2.75) is 26.4 Å². The van der Waals surface area contributed by atoms with Crippen molar-refractivity contribution in [3.8, 4) is 11.8 Å². The van der Waals surface area contributed by atoms with Crippen LogP contribution in [0.2, 0.25) is 0 Å². The number of esters is 1. The smallest absolute Gasteiger partial charge is 0.338 e. The zero-order valence-corrected chi connectivity index (χ0v) is 19.4. The largest absolute Gasteiger partial charge is 0.488 e. The molecule has 0 saturated heterocycles. The van der Waals surface area contributed by atoms with Gasteiger partial charge in [0.05, 0.1) is 27.5 Å². The van der Waals surface area contributed by atoms with Crippen LogP contribution in [0.25, 0.3) is 0 Å². The maximum atomic E-state index is 12.6. The summed E-state index contributed by atoms with van der Waals surface area (Å²) in [7, 11) is 0. The van der Waals surface area contributed by atoms with E-state index in [1.165, 1.54) is 12.1 Å². The molecule has 2 aromatic rings. The van der Waals surface area contributed by atoms with Gasteiger partial charge < -0.3 is 19.9 Å². The number of rotatable bonds is 7. The van der Waals surface area contributed by atoms with Crippen LogP contribution in [0.15, 0.2) is 69.7 Å². The number of nitrogens with zero attached hydrogens (tertiary/aromatic N) is 2. The fourth-order valence-electron chi connectivity index (χ4n) is 3.42. The molecule has 2 N–H and O–H groups in total. The summed E-state index contributed by atoms with van der Waals surface area (Å²) in [5.74, 6) is -0.703. The highest BCUT2D eigenvalue weighted by Gasteiger charge is 2.36. The van der Waals surface area contributed by atoms with Crippen LogP contribution in [0.3, 0.4) is 0 Å². The molecule has 3 rings (SSSR count). The molecule has 170 valence electrons. The first kappa shape index (κ1) is 23.8. The van der Waals surface area contributed by atoms with Crippen molar-refractivity contribution >= 4 is 27.6 Å². The van der Waals surface area contributed by atoms with Crippen molar-refractivity contribution in [2.75, 3.05) is 6.61 Å². The van der Waals surface area contributed by atoms with Gasteiger partial charge in [0, 0.05) is 12.1 Å². The summed E-state index contributed by atoms with van der Waals surface area (Å²) in [6.45, 7) is 3.55. The van der Waals surface area contributed by atoms with Crippen molar-refractivity contribution in [3.63, 3.8) is 0 Å². The predicted molar refractivity (Wildman–Crippen MR) is 122 cm³/mol. The van der Waals surface area contributed by atoms with Crippen LogP contribution in [0.5, 0.6) is 5.75 Å². The number of nitriles is 1. The fraction of sp³-hybridized carbons (Fsp3) is 0.217. The number of carbonyl (C=O) groups is 1. The van der Waals surface area contributed by atoms with Gasteiger partial charge in [-0.05, 0) is 53.0 Å². The maximum absolute atomic E-state index is 12.6. The molecule has 0 aliphatic carbocycles. The monoisotopic (exact) mass is 513 g/mol. The standard InChI is InChI=1S/C23H20BrN3O6/c1-3-31-23(28)20-13(2)33-22(26)17(11-25)21(20)15-7-8-19(18(24)10-15)32-12-14-5-4-6-16(9-14)27(29)30/h4-10,21H,3,12,26H2,1-2H3. The number of ether oxygens (including phenoxy) is 3. The van der Waals surface area contributed by atoms with Gasteiger partial charge in [-0.3, -0.25) is 10.1 Å². The number of halogens is 1. The van der Waals surface area contributed by atoms with E-state index in [9.17, 15) is 20.2 Å². The summed E-state index contributed by atoms with van der Waals surface area (Å²) in [6, 6.07) is 13.3. The topological polar surface area (TPSA) is 138 Å². The highest BCUT2D eigenvalue weighted by Crippen LogP contribution is 2.41. The molecule has 1 heterocycles. The Kier molecular flexibility index (Phi) is 7.35. The van der Waals surface area contributed by atoms with Gasteiger partial charge >= 0.3 is 5.97 Å². The molecule has 1 atom stereocenters. The molecular formula is C23H20BrN3O6. The number of carbonyl (C=O) groups excluding carboxylic acids is 1. The predicted octanol–water partition coefficient (Wildman–Crippen LogP) is 4.58. The van der Waals surface area contributed by atoms with Crippen LogP contribution in [-0.4, -0.2) is 17.5 Å². The van der Waals surface area contributed by atoms with Crippen LogP contribution in [-0.2, 0) is 20.9 Å². The van der Waals surface area contributed by atoms with Crippen LogP contribution in [0.4, 0.5) is 5.69 Å². The summed E-state index contributed by atoms with van der Waals surface area (Å²) in [4.78, 5) is 23.1. The van der Waals surface area contributed by atoms with E-state index >= 15 is 0 Å². The third-order valence-electron chi connectivity index (χ3n) is 4.91. The Hall–Kier alpha value is -3.84. The minimum atomic E-state index is -0.773. The summed E-state index contributed by atoms with van der Waals surface area (Å²) in [5, 5.41) is 20.6. The first-order valence-corrected chi connectivity index (χ1v) is 10.7. The van der Waals surface area contributed by atoms with Gasteiger partial charge in [-0.1, -0.05) is 18.2 Å². The van der Waals surface area contributed by atoms with Crippen molar-refractivity contribution in [3.05, 3.63) is 91.0 Å². The molecule has 2 aromatic carbocycles. The lowest BCUT2D eigenvalue weighted by atomic mass is 9.83. The molecule has 0 aromatic heterocycles. The summed E-state index contributed by atoms with van der Waals surface area (Å²) in [5.41, 5.74) is 7.43. The second kappa shape index (κ2) is 10.2. The number of non-ortho nitro benzene ring substituents is 1. The van der Waals surface area contributed by atoms with Crippen molar-refractivity contribution < 1.29 is 23.9 Å². The lowest BCUT2D eigenvalue weighted by Gasteiger charge is -2.27. The molecule has 9 nitrogen and oxygen atoms in total. The first-order chi connectivity index (χ1) is 15.8. The van der Waals surface area contributed by atoms with E-state index in [0.29, 0.717) is 21.3 Å². The maximum Gasteiger partial charge on any atom is 0.338 e. The number of hydrogen-bond donors (Lipinski definition) is 1. The van der Waals surface area contributed by atoms with Crippen molar-refractivity contribution in [1.29, 1.82) is 5.26 Å². The average Bonchev–Trinajstić information content (AvgIpc) is 2.78. The molecule has 10 heteroatoms. The lowest BCUT2D eigenvalue weighted by Crippen LogP contribution is -2.25. The van der Waals surface area contributed by atoms with Gasteiger partial charge in [0.15, 0.2) is 0 Å². The van der Waals surface area contributed by atoms with Crippen molar-refractivity contribution in [2.24, 2.45) is 5.73 Å². The Labute approximate surface area is 198 Å². The number of nitro benzene ring substituents is 1. The molecule has 0 saturated carbocycles. The Morgan fingerprint density at radius 1 is 1.33 bits per heavy atom. The molecule has 1 aliphatic heterocycles. The minimum absolute atomic E-state index is 0.0212. The Morgan fingerprint density at radius 2 is 2.09 bits per heavy atom. The van der Waals surface area contributed by atoms with E-state index in [1.54, 1.807) is 44.2 Å². The minimum Gasteiger partial charge on any atom is -0.488 e. The van der Waals surface area contributed by atoms with E-state index in [2.05, 4.69) is 15.9 Å². The van der Waals surface area contributed by atoms with E-state index < -0.39 is 16.8 Å². The zero-order valence-electron chi connectivity index (χ0n) is 17.8. The van der Waals surface area contributed by atoms with E-state index in [1.807, 2.05) is 6.07 Å². The number of nitrogens with two attached hydrogens (primary N) is 1. The van der Waals surface area contributed by atoms with Gasteiger partial charge in [-0.2, -0.15) is 5.26 Å². The van der Waals surface area contributed by atoms with Crippen LogP contribution in [0.1, 0.15) is 30.9 Å². The summed E-state index contributed by atoms with van der Waals surface area (Å²) >= 11 is 3.46. The third-order valence-corrected chi connectivity index (χ3v) is 5.53. The highest BCUT2D eigenvalue weighted by atomic mass is 79.9. The second-order valence-electron chi connectivity index (χ2n) is 7.02. The van der Waals surface area contributed by atoms with E-state index in [-0.39, 0.29) is 41.7 Å². The molecule has 0 bridgehead atoms. The number of hydrogen-bond acceptors (Lipinski definition) is 8. The molecule has 1 aliphatic rings. The van der Waals surface area contributed by atoms with Gasteiger partial charge in [0.1, 0.15) is 29.8 Å². The molecule has 0 fully saturated rings. The van der Waals surface area contributed by atoms with E-state index in [4.69, 9.17) is 19.9 Å². The second-order valence-corrected chi connectivity index (χ2v) is 7.88. The molecule has 33 heavy (non-hydrogen) atoms.